The normalized spacial score (nSPS) is 21.9. The summed E-state index contributed by atoms with van der Waals surface area (Å²) in [7, 11) is 0. The molecule has 2 nitrogen and oxygen atoms in total. The largest absolute Gasteiger partial charge is 0.367 e. The minimum absolute atomic E-state index is 0.356. The third-order valence-corrected chi connectivity index (χ3v) is 2.56. The van der Waals surface area contributed by atoms with E-state index in [0.717, 1.165) is 19.4 Å². The van der Waals surface area contributed by atoms with Crippen LogP contribution in [0.15, 0.2) is 36.1 Å². The van der Waals surface area contributed by atoms with Crippen molar-refractivity contribution in [2.45, 2.75) is 39.8 Å². The lowest BCUT2D eigenvalue weighted by molar-refractivity contribution is 0.467. The molecule has 2 unspecified atom stereocenters. The first-order valence-corrected chi connectivity index (χ1v) is 6.31. The van der Waals surface area contributed by atoms with Gasteiger partial charge >= 0.3 is 0 Å². The second-order valence-electron chi connectivity index (χ2n) is 4.28. The van der Waals surface area contributed by atoms with Crippen LogP contribution in [0.5, 0.6) is 0 Å². The highest BCUT2D eigenvalue weighted by Gasteiger charge is 2.14. The molecule has 0 radical (unpaired) electrons. The number of hydrogen-bond donors (Lipinski definition) is 2. The summed E-state index contributed by atoms with van der Waals surface area (Å²) >= 11 is 0. The Balaban J connectivity index is 2.15. The molecular weight excluding hydrogens is 196 g/mol. The molecule has 1 rings (SSSR count). The smallest absolute Gasteiger partial charge is 0.0983 e. The molecule has 90 valence electrons. The maximum atomic E-state index is 3.46. The van der Waals surface area contributed by atoms with Crippen molar-refractivity contribution in [3.63, 3.8) is 0 Å². The van der Waals surface area contributed by atoms with Crippen LogP contribution in [0.4, 0.5) is 0 Å². The van der Waals surface area contributed by atoms with Crippen LogP contribution in [-0.4, -0.2) is 12.7 Å². The average Bonchev–Trinajstić information content (AvgIpc) is 2.23. The van der Waals surface area contributed by atoms with Gasteiger partial charge in [-0.15, -0.1) is 0 Å². The summed E-state index contributed by atoms with van der Waals surface area (Å²) < 4.78 is 0. The summed E-state index contributed by atoms with van der Waals surface area (Å²) in [5.74, 6) is 0.602. The minimum atomic E-state index is 0.356. The van der Waals surface area contributed by atoms with Crippen LogP contribution in [0.3, 0.4) is 0 Å². The zero-order valence-corrected chi connectivity index (χ0v) is 10.7. The fraction of sp³-hybridized carbons (Fsp3) is 0.571. The van der Waals surface area contributed by atoms with E-state index in [1.165, 1.54) is 5.70 Å². The predicted octanol–water partition coefficient (Wildman–Crippen LogP) is 2.96. The Morgan fingerprint density at radius 3 is 2.69 bits per heavy atom. The quantitative estimate of drug-likeness (QED) is 0.645. The van der Waals surface area contributed by atoms with E-state index in [1.54, 1.807) is 0 Å². The number of allylic oxidation sites excluding steroid dienone is 3. The van der Waals surface area contributed by atoms with Crippen molar-refractivity contribution < 1.29 is 0 Å². The molecular formula is C14H24N2. The lowest BCUT2D eigenvalue weighted by atomic mass is 10.1. The van der Waals surface area contributed by atoms with Crippen molar-refractivity contribution in [1.29, 1.82) is 0 Å². The second-order valence-corrected chi connectivity index (χ2v) is 4.28. The fourth-order valence-electron chi connectivity index (χ4n) is 1.56. The van der Waals surface area contributed by atoms with Crippen LogP contribution < -0.4 is 10.6 Å². The molecule has 1 aliphatic rings. The first-order valence-electron chi connectivity index (χ1n) is 6.31. The molecule has 0 saturated carbocycles. The van der Waals surface area contributed by atoms with E-state index >= 15 is 0 Å². The van der Waals surface area contributed by atoms with Crippen molar-refractivity contribution in [1.82, 2.24) is 10.6 Å². The van der Waals surface area contributed by atoms with Crippen molar-refractivity contribution in [2.75, 3.05) is 6.54 Å². The van der Waals surface area contributed by atoms with Crippen LogP contribution in [-0.2, 0) is 0 Å². The number of rotatable bonds is 7. The zero-order valence-electron chi connectivity index (χ0n) is 10.7. The van der Waals surface area contributed by atoms with E-state index in [2.05, 4.69) is 61.8 Å². The number of hydrogen-bond acceptors (Lipinski definition) is 2. The van der Waals surface area contributed by atoms with Gasteiger partial charge < -0.3 is 5.32 Å². The lowest BCUT2D eigenvalue weighted by Gasteiger charge is -2.28. The van der Waals surface area contributed by atoms with E-state index in [4.69, 9.17) is 0 Å². The summed E-state index contributed by atoms with van der Waals surface area (Å²) in [6.45, 7) is 7.57. The van der Waals surface area contributed by atoms with Crippen molar-refractivity contribution in [3.8, 4) is 0 Å². The van der Waals surface area contributed by atoms with Gasteiger partial charge in [-0.05, 0) is 30.9 Å². The molecule has 0 amide bonds. The summed E-state index contributed by atoms with van der Waals surface area (Å²) in [6.07, 6.45) is 13.6. The Kier molecular flexibility index (Phi) is 5.94. The Labute approximate surface area is 99.5 Å². The predicted molar refractivity (Wildman–Crippen MR) is 71.0 cm³/mol. The Morgan fingerprint density at radius 1 is 1.38 bits per heavy atom. The van der Waals surface area contributed by atoms with Crippen LogP contribution >= 0.6 is 0 Å². The summed E-state index contributed by atoms with van der Waals surface area (Å²) in [4.78, 5) is 0. The SMILES string of the molecule is CC/C=C\C1=CC(NCC(C)/C=C\CC)N1. The summed E-state index contributed by atoms with van der Waals surface area (Å²) in [6, 6.07) is 0. The van der Waals surface area contributed by atoms with Gasteiger partial charge in [-0.2, -0.15) is 0 Å². The first-order chi connectivity index (χ1) is 7.76. The second kappa shape index (κ2) is 7.29. The van der Waals surface area contributed by atoms with Crippen molar-refractivity contribution in [2.24, 2.45) is 5.92 Å². The minimum Gasteiger partial charge on any atom is -0.367 e. The molecule has 1 heterocycles. The Morgan fingerprint density at radius 2 is 2.06 bits per heavy atom. The molecule has 0 saturated heterocycles. The molecule has 0 spiro atoms. The topological polar surface area (TPSA) is 24.1 Å². The highest BCUT2D eigenvalue weighted by atomic mass is 15.2. The maximum Gasteiger partial charge on any atom is 0.0983 e. The van der Waals surface area contributed by atoms with Crippen molar-refractivity contribution >= 4 is 0 Å². The Bertz CT molecular complexity index is 276. The van der Waals surface area contributed by atoms with E-state index in [9.17, 15) is 0 Å². The first kappa shape index (κ1) is 13.0. The molecule has 0 aliphatic carbocycles. The van der Waals surface area contributed by atoms with Gasteiger partial charge in [-0.1, -0.05) is 39.0 Å². The van der Waals surface area contributed by atoms with E-state index in [1.807, 2.05) is 0 Å². The average molecular weight is 220 g/mol. The molecule has 0 aromatic rings. The van der Waals surface area contributed by atoms with E-state index < -0.39 is 0 Å². The highest BCUT2D eigenvalue weighted by molar-refractivity contribution is 5.27. The molecule has 0 bridgehead atoms. The lowest BCUT2D eigenvalue weighted by Crippen LogP contribution is -2.48. The van der Waals surface area contributed by atoms with Crippen LogP contribution in [0, 0.1) is 5.92 Å². The summed E-state index contributed by atoms with van der Waals surface area (Å²) in [5, 5.41) is 6.83. The van der Waals surface area contributed by atoms with Gasteiger partial charge in [0.25, 0.3) is 0 Å². The van der Waals surface area contributed by atoms with Gasteiger partial charge in [0.1, 0.15) is 0 Å². The zero-order chi connectivity index (χ0) is 11.8. The van der Waals surface area contributed by atoms with Gasteiger partial charge in [-0.3, -0.25) is 5.32 Å². The van der Waals surface area contributed by atoms with E-state index in [0.29, 0.717) is 12.1 Å². The van der Waals surface area contributed by atoms with E-state index in [-0.39, 0.29) is 0 Å². The Hall–Kier alpha value is -1.02. The van der Waals surface area contributed by atoms with Crippen LogP contribution in [0.25, 0.3) is 0 Å². The monoisotopic (exact) mass is 220 g/mol. The third-order valence-electron chi connectivity index (χ3n) is 2.56. The standard InChI is InChI=1S/C14H24N2/c1-4-6-8-12(3)11-15-14-10-13(16-14)9-7-5-2/h6-10,12,14-16H,4-5,11H2,1-3H3/b8-6-,9-7-. The molecule has 1 aliphatic heterocycles. The van der Waals surface area contributed by atoms with Gasteiger partial charge in [0.05, 0.1) is 6.17 Å². The number of nitrogens with one attached hydrogen (secondary N) is 2. The van der Waals surface area contributed by atoms with Crippen LogP contribution in [0.1, 0.15) is 33.6 Å². The van der Waals surface area contributed by atoms with Gasteiger partial charge in [-0.25, -0.2) is 0 Å². The summed E-state index contributed by atoms with van der Waals surface area (Å²) in [5.41, 5.74) is 1.23. The van der Waals surface area contributed by atoms with Gasteiger partial charge in [0.15, 0.2) is 0 Å². The molecule has 0 aromatic carbocycles. The molecule has 2 heteroatoms. The highest BCUT2D eigenvalue weighted by Crippen LogP contribution is 2.07. The maximum absolute atomic E-state index is 3.46. The fourth-order valence-corrected chi connectivity index (χ4v) is 1.56. The molecule has 2 N–H and O–H groups in total. The van der Waals surface area contributed by atoms with Crippen molar-refractivity contribution in [3.05, 3.63) is 36.1 Å². The molecule has 0 fully saturated rings. The van der Waals surface area contributed by atoms with Gasteiger partial charge in [0.2, 0.25) is 0 Å². The van der Waals surface area contributed by atoms with Gasteiger partial charge in [0, 0.05) is 12.2 Å². The van der Waals surface area contributed by atoms with Crippen LogP contribution in [0.2, 0.25) is 0 Å². The molecule has 16 heavy (non-hydrogen) atoms. The third kappa shape index (κ3) is 4.67. The molecule has 2 atom stereocenters. The molecule has 0 aromatic heterocycles.